The molecule has 0 radical (unpaired) electrons. The van der Waals surface area contributed by atoms with Gasteiger partial charge in [0.2, 0.25) is 5.91 Å². The van der Waals surface area contributed by atoms with Crippen LogP contribution in [0.2, 0.25) is 0 Å². The van der Waals surface area contributed by atoms with E-state index in [1.807, 2.05) is 36.0 Å². The molecule has 2 heterocycles. The van der Waals surface area contributed by atoms with Crippen molar-refractivity contribution in [3.05, 3.63) is 53.6 Å². The Labute approximate surface area is 155 Å². The van der Waals surface area contributed by atoms with Crippen LogP contribution in [0.25, 0.3) is 0 Å². The summed E-state index contributed by atoms with van der Waals surface area (Å²) < 4.78 is 2.03. The van der Waals surface area contributed by atoms with Crippen LogP contribution in [0.4, 0.5) is 0 Å². The molecule has 0 unspecified atom stereocenters. The lowest BCUT2D eigenvalue weighted by Crippen LogP contribution is -2.44. The number of carbonyl (C=O) groups excluding carboxylic acids is 1. The zero-order valence-electron chi connectivity index (χ0n) is 15.7. The molecule has 1 aromatic carbocycles. The molecule has 1 aliphatic heterocycles. The highest BCUT2D eigenvalue weighted by atomic mass is 16.2. The number of amides is 1. The minimum atomic E-state index is 0.0431. The van der Waals surface area contributed by atoms with Gasteiger partial charge in [0.15, 0.2) is 0 Å². The molecule has 1 aromatic heterocycles. The zero-order chi connectivity index (χ0) is 18.1. The molecule has 1 N–H and O–H groups in total. The molecule has 1 aliphatic carbocycles. The van der Waals surface area contributed by atoms with Crippen molar-refractivity contribution in [2.75, 3.05) is 13.6 Å². The molecule has 138 valence electrons. The quantitative estimate of drug-likeness (QED) is 0.869. The maximum Gasteiger partial charge on any atom is 0.222 e. The Morgan fingerprint density at radius 3 is 2.81 bits per heavy atom. The Morgan fingerprint density at radius 2 is 2.08 bits per heavy atom. The van der Waals surface area contributed by atoms with Gasteiger partial charge in [-0.25, -0.2) is 4.98 Å². The van der Waals surface area contributed by atoms with E-state index in [2.05, 4.69) is 34.6 Å². The van der Waals surface area contributed by atoms with Gasteiger partial charge in [-0.15, -0.1) is 0 Å². The summed E-state index contributed by atoms with van der Waals surface area (Å²) in [5.41, 5.74) is 2.83. The van der Waals surface area contributed by atoms with Crippen molar-refractivity contribution in [2.45, 2.75) is 44.2 Å². The van der Waals surface area contributed by atoms with Crippen molar-refractivity contribution in [2.24, 2.45) is 13.0 Å². The number of nitrogens with one attached hydrogen (secondary N) is 1. The van der Waals surface area contributed by atoms with Crippen LogP contribution < -0.4 is 5.32 Å². The fourth-order valence-electron chi connectivity index (χ4n) is 4.15. The van der Waals surface area contributed by atoms with Gasteiger partial charge in [-0.05, 0) is 42.2 Å². The van der Waals surface area contributed by atoms with Crippen LogP contribution in [-0.4, -0.2) is 34.0 Å². The predicted octanol–water partition coefficient (Wildman–Crippen LogP) is 3.00. The number of benzene rings is 1. The molecule has 5 heteroatoms. The van der Waals surface area contributed by atoms with Crippen LogP contribution >= 0.6 is 0 Å². The maximum absolute atomic E-state index is 12.2. The van der Waals surface area contributed by atoms with Gasteiger partial charge in [-0.2, -0.15) is 0 Å². The average Bonchev–Trinajstić information content (AvgIpc) is 3.41. The van der Waals surface area contributed by atoms with E-state index in [-0.39, 0.29) is 11.9 Å². The molecule has 0 spiro atoms. The molecular weight excluding hydrogens is 324 g/mol. The monoisotopic (exact) mass is 352 g/mol. The summed E-state index contributed by atoms with van der Waals surface area (Å²) in [5, 5.41) is 3.63. The first kappa shape index (κ1) is 17.3. The van der Waals surface area contributed by atoms with Gasteiger partial charge in [0.05, 0.1) is 6.04 Å². The van der Waals surface area contributed by atoms with Crippen molar-refractivity contribution in [3.63, 3.8) is 0 Å². The van der Waals surface area contributed by atoms with E-state index in [0.29, 0.717) is 12.3 Å². The molecule has 26 heavy (non-hydrogen) atoms. The molecule has 1 amide bonds. The number of nitrogens with zero attached hydrogens (tertiary/aromatic N) is 3. The Balaban J connectivity index is 1.41. The van der Waals surface area contributed by atoms with Crippen LogP contribution in [0.5, 0.6) is 0 Å². The van der Waals surface area contributed by atoms with E-state index in [0.717, 1.165) is 31.3 Å². The summed E-state index contributed by atoms with van der Waals surface area (Å²) >= 11 is 0. The fraction of sp³-hybridized carbons (Fsp3) is 0.524. The number of hydrogen-bond donors (Lipinski definition) is 1. The number of piperidine rings is 1. The molecule has 5 nitrogen and oxygen atoms in total. The minimum absolute atomic E-state index is 0.0431. The van der Waals surface area contributed by atoms with E-state index >= 15 is 0 Å². The van der Waals surface area contributed by atoms with Gasteiger partial charge >= 0.3 is 0 Å². The fourth-order valence-corrected chi connectivity index (χ4v) is 4.15. The van der Waals surface area contributed by atoms with Crippen LogP contribution in [0, 0.1) is 5.92 Å². The second kappa shape index (κ2) is 7.23. The highest BCUT2D eigenvalue weighted by Gasteiger charge is 2.36. The van der Waals surface area contributed by atoms with Crippen LogP contribution in [0.3, 0.4) is 0 Å². The third-order valence-electron chi connectivity index (χ3n) is 5.84. The van der Waals surface area contributed by atoms with E-state index in [9.17, 15) is 4.79 Å². The summed E-state index contributed by atoms with van der Waals surface area (Å²) in [4.78, 5) is 18.6. The van der Waals surface area contributed by atoms with Crippen molar-refractivity contribution >= 4 is 5.91 Å². The Morgan fingerprint density at radius 1 is 1.23 bits per heavy atom. The first-order valence-corrected chi connectivity index (χ1v) is 9.66. The minimum Gasteiger partial charge on any atom is -0.336 e. The molecule has 2 aliphatic rings. The van der Waals surface area contributed by atoms with Crippen LogP contribution in [0.1, 0.15) is 54.6 Å². The highest BCUT2D eigenvalue weighted by Crippen LogP contribution is 2.40. The van der Waals surface area contributed by atoms with Gasteiger partial charge in [-0.3, -0.25) is 4.79 Å². The number of aromatic nitrogens is 2. The first-order valence-electron chi connectivity index (χ1n) is 9.66. The first-order chi connectivity index (χ1) is 12.6. The van der Waals surface area contributed by atoms with E-state index < -0.39 is 0 Å². The van der Waals surface area contributed by atoms with Crippen LogP contribution in [0.15, 0.2) is 36.7 Å². The lowest BCUT2D eigenvalue weighted by atomic mass is 9.88. The normalized spacial score (nSPS) is 23.5. The molecule has 0 bridgehead atoms. The second-order valence-corrected chi connectivity index (χ2v) is 7.79. The topological polar surface area (TPSA) is 50.2 Å². The van der Waals surface area contributed by atoms with Gasteiger partial charge in [0, 0.05) is 46.0 Å². The lowest BCUT2D eigenvalue weighted by Gasteiger charge is -2.38. The summed E-state index contributed by atoms with van der Waals surface area (Å²) in [5.74, 6) is 2.36. The molecule has 2 aromatic rings. The molecule has 2 atom stereocenters. The number of carbonyl (C=O) groups is 1. The van der Waals surface area contributed by atoms with E-state index in [1.54, 1.807) is 0 Å². The Bertz CT molecular complexity index is 780. The van der Waals surface area contributed by atoms with Crippen molar-refractivity contribution in [1.82, 2.24) is 19.8 Å². The Hall–Kier alpha value is -2.14. The van der Waals surface area contributed by atoms with Crippen molar-refractivity contribution in [1.29, 1.82) is 0 Å². The SMILES string of the molecule is CN1C(=O)CC[C@H](CNCc2cccc(C3CC3)c2)[C@H]1c1nccn1C. The molecule has 1 saturated carbocycles. The summed E-state index contributed by atoms with van der Waals surface area (Å²) in [7, 11) is 3.91. The van der Waals surface area contributed by atoms with E-state index in [1.165, 1.54) is 24.0 Å². The number of rotatable bonds is 6. The number of imidazole rings is 1. The summed E-state index contributed by atoms with van der Waals surface area (Å²) in [6.07, 6.45) is 7.98. The van der Waals surface area contributed by atoms with Gasteiger partial charge < -0.3 is 14.8 Å². The van der Waals surface area contributed by atoms with Gasteiger partial charge in [0.25, 0.3) is 0 Å². The Kier molecular flexibility index (Phi) is 4.81. The standard InChI is InChI=1S/C21H28N4O/c1-24-11-10-23-21(24)20-18(8-9-19(26)25(20)2)14-22-13-15-4-3-5-17(12-15)16-6-7-16/h3-5,10-12,16,18,20,22H,6-9,13-14H2,1-2H3/t18-,20+/m1/s1. The highest BCUT2D eigenvalue weighted by molar-refractivity contribution is 5.77. The van der Waals surface area contributed by atoms with Gasteiger partial charge in [0.1, 0.15) is 5.82 Å². The molecule has 4 rings (SSSR count). The predicted molar refractivity (Wildman–Crippen MR) is 102 cm³/mol. The smallest absolute Gasteiger partial charge is 0.222 e. The van der Waals surface area contributed by atoms with Crippen molar-refractivity contribution < 1.29 is 4.79 Å². The molecule has 1 saturated heterocycles. The lowest BCUT2D eigenvalue weighted by molar-refractivity contribution is -0.137. The zero-order valence-corrected chi connectivity index (χ0v) is 15.7. The van der Waals surface area contributed by atoms with Gasteiger partial charge in [-0.1, -0.05) is 24.3 Å². The van der Waals surface area contributed by atoms with E-state index in [4.69, 9.17) is 0 Å². The average molecular weight is 352 g/mol. The third-order valence-corrected chi connectivity index (χ3v) is 5.84. The number of aryl methyl sites for hydroxylation is 1. The summed E-state index contributed by atoms with van der Waals surface area (Å²) in [6.45, 7) is 1.77. The van der Waals surface area contributed by atoms with Crippen molar-refractivity contribution in [3.8, 4) is 0 Å². The number of likely N-dealkylation sites (tertiary alicyclic amines) is 1. The molecular formula is C21H28N4O. The number of hydrogen-bond acceptors (Lipinski definition) is 3. The third kappa shape index (κ3) is 3.54. The second-order valence-electron chi connectivity index (χ2n) is 7.79. The summed E-state index contributed by atoms with van der Waals surface area (Å²) in [6, 6.07) is 9.01. The maximum atomic E-state index is 12.2. The molecule has 2 fully saturated rings. The van der Waals surface area contributed by atoms with Crippen LogP contribution in [-0.2, 0) is 18.4 Å². The largest absolute Gasteiger partial charge is 0.336 e.